The van der Waals surface area contributed by atoms with Gasteiger partial charge in [0, 0.05) is 44.2 Å². The Morgan fingerprint density at radius 2 is 2.15 bits per heavy atom. The first-order valence-corrected chi connectivity index (χ1v) is 9.25. The lowest BCUT2D eigenvalue weighted by molar-refractivity contribution is -0.148. The van der Waals surface area contributed by atoms with Crippen LogP contribution in [0.3, 0.4) is 0 Å². The number of aliphatic hydroxyl groups is 1. The highest BCUT2D eigenvalue weighted by molar-refractivity contribution is 5.86. The normalized spacial score (nSPS) is 21.0. The standard InChI is InChI=1S/C20H25F2N3O2/c1-15-23-11-13-25(15)12-5-10-24-18(26)20(27,16-6-3-2-4-7-16)17-8-9-19(21,22)14-17/h2-4,6-7,11,13,17,27H,5,8-10,12,14H2,1H3,(H,24,26)/t17?,20-/m0/s1. The molecule has 2 N–H and O–H groups in total. The minimum atomic E-state index is -2.84. The van der Waals surface area contributed by atoms with Crippen LogP contribution in [0.5, 0.6) is 0 Å². The Morgan fingerprint density at radius 1 is 1.41 bits per heavy atom. The fourth-order valence-corrected chi connectivity index (χ4v) is 3.78. The van der Waals surface area contributed by atoms with Crippen molar-refractivity contribution in [2.24, 2.45) is 5.92 Å². The topological polar surface area (TPSA) is 67.2 Å². The average Bonchev–Trinajstić information content (AvgIpc) is 3.23. The number of amides is 1. The number of hydrogen-bond donors (Lipinski definition) is 2. The summed E-state index contributed by atoms with van der Waals surface area (Å²) in [5.41, 5.74) is -1.60. The van der Waals surface area contributed by atoms with E-state index in [4.69, 9.17) is 0 Å². The van der Waals surface area contributed by atoms with Crippen molar-refractivity contribution in [3.63, 3.8) is 0 Å². The van der Waals surface area contributed by atoms with Crippen molar-refractivity contribution in [3.05, 3.63) is 54.1 Å². The average molecular weight is 377 g/mol. The van der Waals surface area contributed by atoms with Gasteiger partial charge in [-0.05, 0) is 25.3 Å². The Balaban J connectivity index is 1.69. The van der Waals surface area contributed by atoms with Crippen molar-refractivity contribution in [1.29, 1.82) is 0 Å². The van der Waals surface area contributed by atoms with Gasteiger partial charge in [-0.1, -0.05) is 30.3 Å². The monoisotopic (exact) mass is 377 g/mol. The van der Waals surface area contributed by atoms with Gasteiger partial charge < -0.3 is 15.0 Å². The highest BCUT2D eigenvalue weighted by Gasteiger charge is 2.53. The van der Waals surface area contributed by atoms with Gasteiger partial charge in [0.1, 0.15) is 5.82 Å². The van der Waals surface area contributed by atoms with Crippen LogP contribution in [-0.2, 0) is 16.9 Å². The third-order valence-electron chi connectivity index (χ3n) is 5.34. The number of alkyl halides is 2. The number of halogens is 2. The Labute approximate surface area is 157 Å². The van der Waals surface area contributed by atoms with Crippen LogP contribution in [-0.4, -0.2) is 33.0 Å². The number of benzene rings is 1. The maximum absolute atomic E-state index is 13.8. The van der Waals surface area contributed by atoms with Gasteiger partial charge in [-0.3, -0.25) is 4.79 Å². The zero-order valence-electron chi connectivity index (χ0n) is 15.4. The van der Waals surface area contributed by atoms with Crippen molar-refractivity contribution < 1.29 is 18.7 Å². The molecule has 1 aromatic carbocycles. The van der Waals surface area contributed by atoms with E-state index in [0.29, 0.717) is 25.1 Å². The maximum Gasteiger partial charge on any atom is 0.256 e. The summed E-state index contributed by atoms with van der Waals surface area (Å²) in [6, 6.07) is 8.39. The molecule has 1 aliphatic rings. The van der Waals surface area contributed by atoms with E-state index < -0.39 is 29.8 Å². The number of nitrogens with zero attached hydrogens (tertiary/aromatic N) is 2. The summed E-state index contributed by atoms with van der Waals surface area (Å²) in [5, 5.41) is 14.0. The van der Waals surface area contributed by atoms with Gasteiger partial charge in [0.2, 0.25) is 5.92 Å². The van der Waals surface area contributed by atoms with Crippen LogP contribution in [0.2, 0.25) is 0 Å². The van der Waals surface area contributed by atoms with E-state index >= 15 is 0 Å². The van der Waals surface area contributed by atoms with E-state index in [-0.39, 0.29) is 12.8 Å². The van der Waals surface area contributed by atoms with Gasteiger partial charge in [0.15, 0.2) is 5.60 Å². The molecule has 2 aromatic rings. The summed E-state index contributed by atoms with van der Waals surface area (Å²) in [6.45, 7) is 2.92. The Hall–Kier alpha value is -2.28. The molecule has 7 heteroatoms. The molecule has 0 aliphatic heterocycles. The Bertz CT molecular complexity index is 779. The summed E-state index contributed by atoms with van der Waals surface area (Å²) in [6.07, 6.45) is 3.54. The summed E-state index contributed by atoms with van der Waals surface area (Å²) in [4.78, 5) is 17.0. The minimum Gasteiger partial charge on any atom is -0.375 e. The lowest BCUT2D eigenvalue weighted by Crippen LogP contribution is -2.49. The van der Waals surface area contributed by atoms with Crippen molar-refractivity contribution in [1.82, 2.24) is 14.9 Å². The predicted octanol–water partition coefficient (Wildman–Crippen LogP) is 3.02. The van der Waals surface area contributed by atoms with Crippen LogP contribution >= 0.6 is 0 Å². The summed E-state index contributed by atoms with van der Waals surface area (Å²) in [5.74, 6) is -3.38. The molecule has 1 heterocycles. The quantitative estimate of drug-likeness (QED) is 0.729. The number of aromatic nitrogens is 2. The zero-order valence-corrected chi connectivity index (χ0v) is 15.4. The fraction of sp³-hybridized carbons (Fsp3) is 0.500. The molecule has 0 bridgehead atoms. The molecule has 1 unspecified atom stereocenters. The predicted molar refractivity (Wildman–Crippen MR) is 97.2 cm³/mol. The Morgan fingerprint density at radius 3 is 2.74 bits per heavy atom. The lowest BCUT2D eigenvalue weighted by Gasteiger charge is -2.33. The van der Waals surface area contributed by atoms with Crippen molar-refractivity contribution in [2.75, 3.05) is 6.54 Å². The van der Waals surface area contributed by atoms with Crippen LogP contribution in [0.15, 0.2) is 42.7 Å². The Kier molecular flexibility index (Phi) is 5.60. The molecule has 0 spiro atoms. The third kappa shape index (κ3) is 4.18. The van der Waals surface area contributed by atoms with Crippen molar-refractivity contribution >= 4 is 5.91 Å². The van der Waals surface area contributed by atoms with Crippen molar-refractivity contribution in [2.45, 2.75) is 50.7 Å². The zero-order chi connectivity index (χ0) is 19.5. The summed E-state index contributed by atoms with van der Waals surface area (Å²) >= 11 is 0. The molecule has 0 radical (unpaired) electrons. The molecule has 2 atom stereocenters. The van der Waals surface area contributed by atoms with Gasteiger partial charge >= 0.3 is 0 Å². The number of carbonyl (C=O) groups is 1. The van der Waals surface area contributed by atoms with Crippen LogP contribution < -0.4 is 5.32 Å². The smallest absolute Gasteiger partial charge is 0.256 e. The molecule has 1 saturated carbocycles. The van der Waals surface area contributed by atoms with E-state index in [1.165, 1.54) is 0 Å². The molecule has 1 aromatic heterocycles. The molecule has 1 fully saturated rings. The van der Waals surface area contributed by atoms with Gasteiger partial charge in [-0.15, -0.1) is 0 Å². The fourth-order valence-electron chi connectivity index (χ4n) is 3.78. The molecule has 1 amide bonds. The molecule has 1 aliphatic carbocycles. The van der Waals surface area contributed by atoms with Crippen LogP contribution in [0.4, 0.5) is 8.78 Å². The highest BCUT2D eigenvalue weighted by atomic mass is 19.3. The van der Waals surface area contributed by atoms with E-state index in [9.17, 15) is 18.7 Å². The van der Waals surface area contributed by atoms with E-state index in [2.05, 4.69) is 10.3 Å². The molecule has 0 saturated heterocycles. The molecule has 3 rings (SSSR count). The number of hydrogen-bond acceptors (Lipinski definition) is 3. The lowest BCUT2D eigenvalue weighted by atomic mass is 9.79. The SMILES string of the molecule is Cc1nccn1CCCNC(=O)[C@](O)(c1ccccc1)C1CCC(F)(F)C1. The molecule has 146 valence electrons. The van der Waals surface area contributed by atoms with Gasteiger partial charge in [-0.25, -0.2) is 13.8 Å². The largest absolute Gasteiger partial charge is 0.375 e. The molecule has 27 heavy (non-hydrogen) atoms. The highest BCUT2D eigenvalue weighted by Crippen LogP contribution is 2.47. The molecular weight excluding hydrogens is 352 g/mol. The maximum atomic E-state index is 13.8. The summed E-state index contributed by atoms with van der Waals surface area (Å²) < 4.78 is 29.5. The molecule has 5 nitrogen and oxygen atoms in total. The second kappa shape index (κ2) is 7.76. The van der Waals surface area contributed by atoms with E-state index in [1.807, 2.05) is 17.7 Å². The number of rotatable bonds is 7. The van der Waals surface area contributed by atoms with Gasteiger partial charge in [0.05, 0.1) is 0 Å². The number of nitrogens with one attached hydrogen (secondary N) is 1. The van der Waals surface area contributed by atoms with Crippen LogP contribution in [0, 0.1) is 12.8 Å². The number of imidazole rings is 1. The number of aryl methyl sites for hydroxylation is 2. The first-order chi connectivity index (χ1) is 12.8. The first-order valence-electron chi connectivity index (χ1n) is 9.25. The third-order valence-corrected chi connectivity index (χ3v) is 5.34. The van der Waals surface area contributed by atoms with Gasteiger partial charge in [0.25, 0.3) is 5.91 Å². The molecular formula is C20H25F2N3O2. The van der Waals surface area contributed by atoms with Crippen molar-refractivity contribution in [3.8, 4) is 0 Å². The van der Waals surface area contributed by atoms with Crippen LogP contribution in [0.1, 0.15) is 37.1 Å². The van der Waals surface area contributed by atoms with E-state index in [1.54, 1.807) is 36.5 Å². The number of carbonyl (C=O) groups excluding carboxylic acids is 1. The first kappa shape index (κ1) is 19.5. The van der Waals surface area contributed by atoms with Crippen LogP contribution in [0.25, 0.3) is 0 Å². The second-order valence-electron chi connectivity index (χ2n) is 7.21. The second-order valence-corrected chi connectivity index (χ2v) is 7.21. The minimum absolute atomic E-state index is 0.111. The van der Waals surface area contributed by atoms with Gasteiger partial charge in [-0.2, -0.15) is 0 Å². The van der Waals surface area contributed by atoms with E-state index in [0.717, 1.165) is 5.82 Å². The summed E-state index contributed by atoms with van der Waals surface area (Å²) in [7, 11) is 0.